The van der Waals surface area contributed by atoms with Gasteiger partial charge in [0.05, 0.1) is 13.0 Å². The van der Waals surface area contributed by atoms with Crippen LogP contribution in [0, 0.1) is 0 Å². The molecule has 2 aromatic carbocycles. The van der Waals surface area contributed by atoms with Crippen molar-refractivity contribution in [1.29, 1.82) is 0 Å². The molecule has 120 valence electrons. The van der Waals surface area contributed by atoms with Gasteiger partial charge in [0.1, 0.15) is 5.75 Å². The minimum absolute atomic E-state index is 0.125. The number of nitrogens with one attached hydrogen (secondary N) is 1. The quantitative estimate of drug-likeness (QED) is 0.825. The van der Waals surface area contributed by atoms with Crippen LogP contribution in [0.5, 0.6) is 5.75 Å². The molecule has 2 rings (SSSR count). The van der Waals surface area contributed by atoms with Crippen LogP contribution in [-0.4, -0.2) is 18.4 Å². The summed E-state index contributed by atoms with van der Waals surface area (Å²) in [5.74, 6) is -0.120. The van der Waals surface area contributed by atoms with Crippen LogP contribution in [-0.2, 0) is 11.2 Å². The van der Waals surface area contributed by atoms with E-state index in [-0.39, 0.29) is 18.9 Å². The number of hydrogen-bond acceptors (Lipinski definition) is 3. The van der Waals surface area contributed by atoms with Gasteiger partial charge in [0, 0.05) is 11.3 Å². The molecular formula is C18H20N2O3. The van der Waals surface area contributed by atoms with Gasteiger partial charge in [0.15, 0.2) is 0 Å². The van der Waals surface area contributed by atoms with Crippen molar-refractivity contribution >= 4 is 17.5 Å². The third-order valence-corrected chi connectivity index (χ3v) is 3.36. The maximum Gasteiger partial charge on any atom is 0.248 e. The molecule has 2 amide bonds. The highest BCUT2D eigenvalue weighted by Gasteiger charge is 2.05. The molecule has 0 unspecified atom stereocenters. The molecule has 23 heavy (non-hydrogen) atoms. The smallest absolute Gasteiger partial charge is 0.248 e. The summed E-state index contributed by atoms with van der Waals surface area (Å²) in [7, 11) is 0. The van der Waals surface area contributed by atoms with Gasteiger partial charge >= 0.3 is 0 Å². The lowest BCUT2D eigenvalue weighted by molar-refractivity contribution is -0.116. The van der Waals surface area contributed by atoms with E-state index in [1.54, 1.807) is 24.3 Å². The average Bonchev–Trinajstić information content (AvgIpc) is 2.56. The summed E-state index contributed by atoms with van der Waals surface area (Å²) < 4.78 is 5.47. The molecule has 0 heterocycles. The van der Waals surface area contributed by atoms with E-state index < -0.39 is 5.91 Å². The summed E-state index contributed by atoms with van der Waals surface area (Å²) in [4.78, 5) is 23.0. The molecule has 0 aromatic heterocycles. The molecule has 0 saturated carbocycles. The van der Waals surface area contributed by atoms with Crippen LogP contribution in [0.2, 0.25) is 0 Å². The van der Waals surface area contributed by atoms with Crippen LogP contribution in [0.25, 0.3) is 0 Å². The van der Waals surface area contributed by atoms with Gasteiger partial charge in [-0.1, -0.05) is 25.1 Å². The van der Waals surface area contributed by atoms with Crippen molar-refractivity contribution in [2.24, 2.45) is 5.73 Å². The first-order valence-electron chi connectivity index (χ1n) is 7.50. The van der Waals surface area contributed by atoms with Crippen LogP contribution in [0.4, 0.5) is 5.69 Å². The number of ether oxygens (including phenoxy) is 1. The second kappa shape index (κ2) is 7.98. The second-order valence-electron chi connectivity index (χ2n) is 5.09. The minimum Gasteiger partial charge on any atom is -0.493 e. The Kier molecular flexibility index (Phi) is 5.74. The Bertz CT molecular complexity index is 681. The lowest BCUT2D eigenvalue weighted by atomic mass is 10.1. The number of carbonyl (C=O) groups excluding carboxylic acids is 2. The molecule has 0 fully saturated rings. The number of hydrogen-bond donors (Lipinski definition) is 2. The van der Waals surface area contributed by atoms with E-state index in [1.807, 2.05) is 24.3 Å². The van der Waals surface area contributed by atoms with Gasteiger partial charge in [-0.25, -0.2) is 0 Å². The summed E-state index contributed by atoms with van der Waals surface area (Å²) in [6.07, 6.45) is 1.18. The Balaban J connectivity index is 1.80. The Morgan fingerprint density at radius 1 is 1.13 bits per heavy atom. The fourth-order valence-electron chi connectivity index (χ4n) is 2.05. The molecule has 0 bridgehead atoms. The zero-order valence-corrected chi connectivity index (χ0v) is 13.0. The molecule has 2 aromatic rings. The number of nitrogens with two attached hydrogens (primary N) is 1. The molecule has 0 aliphatic rings. The van der Waals surface area contributed by atoms with Crippen LogP contribution in [0.3, 0.4) is 0 Å². The topological polar surface area (TPSA) is 81.4 Å². The van der Waals surface area contributed by atoms with E-state index in [0.29, 0.717) is 11.3 Å². The first-order valence-corrected chi connectivity index (χ1v) is 7.50. The predicted molar refractivity (Wildman–Crippen MR) is 89.5 cm³/mol. The third-order valence-electron chi connectivity index (χ3n) is 3.36. The van der Waals surface area contributed by atoms with Gasteiger partial charge in [-0.05, 0) is 42.3 Å². The number of aryl methyl sites for hydroxylation is 1. The van der Waals surface area contributed by atoms with E-state index in [2.05, 4.69) is 12.2 Å². The lowest BCUT2D eigenvalue weighted by Crippen LogP contribution is -2.15. The Labute approximate surface area is 135 Å². The third kappa shape index (κ3) is 5.14. The summed E-state index contributed by atoms with van der Waals surface area (Å²) in [5, 5.41) is 2.82. The minimum atomic E-state index is -0.510. The van der Waals surface area contributed by atoms with Crippen LogP contribution in [0.15, 0.2) is 48.5 Å². The van der Waals surface area contributed by atoms with Crippen molar-refractivity contribution in [3.8, 4) is 5.75 Å². The van der Waals surface area contributed by atoms with E-state index in [0.717, 1.165) is 12.1 Å². The number of anilines is 1. The molecule has 0 radical (unpaired) electrons. The highest BCUT2D eigenvalue weighted by atomic mass is 16.5. The Morgan fingerprint density at radius 2 is 1.87 bits per heavy atom. The van der Waals surface area contributed by atoms with Crippen molar-refractivity contribution < 1.29 is 14.3 Å². The second-order valence-corrected chi connectivity index (χ2v) is 5.09. The van der Waals surface area contributed by atoms with E-state index in [9.17, 15) is 9.59 Å². The maximum absolute atomic E-state index is 11.9. The molecular weight excluding hydrogens is 292 g/mol. The molecule has 0 aliphatic carbocycles. The highest BCUT2D eigenvalue weighted by Crippen LogP contribution is 2.14. The van der Waals surface area contributed by atoms with Gasteiger partial charge in [-0.2, -0.15) is 0 Å². The average molecular weight is 312 g/mol. The van der Waals surface area contributed by atoms with Crippen LogP contribution in [0.1, 0.15) is 29.3 Å². The van der Waals surface area contributed by atoms with Gasteiger partial charge in [0.2, 0.25) is 11.8 Å². The largest absolute Gasteiger partial charge is 0.493 e. The monoisotopic (exact) mass is 312 g/mol. The van der Waals surface area contributed by atoms with E-state index >= 15 is 0 Å². The SMILES string of the molecule is CCc1ccc(NC(=O)CCOc2cccc(C(N)=O)c2)cc1. The lowest BCUT2D eigenvalue weighted by Gasteiger charge is -2.08. The Hall–Kier alpha value is -2.82. The van der Waals surface area contributed by atoms with Gasteiger partial charge in [-0.3, -0.25) is 9.59 Å². The molecule has 0 spiro atoms. The van der Waals surface area contributed by atoms with Crippen molar-refractivity contribution in [1.82, 2.24) is 0 Å². The van der Waals surface area contributed by atoms with Crippen molar-refractivity contribution in [3.63, 3.8) is 0 Å². The van der Waals surface area contributed by atoms with Crippen molar-refractivity contribution in [2.45, 2.75) is 19.8 Å². The fraction of sp³-hybridized carbons (Fsp3) is 0.222. The Morgan fingerprint density at radius 3 is 2.52 bits per heavy atom. The highest BCUT2D eigenvalue weighted by molar-refractivity contribution is 5.93. The summed E-state index contributed by atoms with van der Waals surface area (Å²) in [5.41, 5.74) is 7.57. The van der Waals surface area contributed by atoms with Gasteiger partial charge in [0.25, 0.3) is 0 Å². The number of amides is 2. The standard InChI is InChI=1S/C18H20N2O3/c1-2-13-6-8-15(9-7-13)20-17(21)10-11-23-16-5-3-4-14(12-16)18(19)22/h3-9,12H,2,10-11H2,1H3,(H2,19,22)(H,20,21). The number of benzene rings is 2. The molecule has 5 nitrogen and oxygen atoms in total. The maximum atomic E-state index is 11.9. The van der Waals surface area contributed by atoms with Crippen molar-refractivity contribution in [2.75, 3.05) is 11.9 Å². The van der Waals surface area contributed by atoms with E-state index in [1.165, 1.54) is 5.56 Å². The van der Waals surface area contributed by atoms with Crippen molar-refractivity contribution in [3.05, 3.63) is 59.7 Å². The zero-order chi connectivity index (χ0) is 16.7. The number of rotatable bonds is 7. The molecule has 0 atom stereocenters. The first kappa shape index (κ1) is 16.5. The molecule has 0 aliphatic heterocycles. The predicted octanol–water partition coefficient (Wildman–Crippen LogP) is 2.76. The summed E-state index contributed by atoms with van der Waals surface area (Å²) in [6, 6.07) is 14.3. The van der Waals surface area contributed by atoms with Gasteiger partial charge < -0.3 is 15.8 Å². The molecule has 0 saturated heterocycles. The first-order chi connectivity index (χ1) is 11.1. The summed E-state index contributed by atoms with van der Waals surface area (Å²) >= 11 is 0. The zero-order valence-electron chi connectivity index (χ0n) is 13.0. The van der Waals surface area contributed by atoms with E-state index in [4.69, 9.17) is 10.5 Å². The number of carbonyl (C=O) groups is 2. The fourth-order valence-corrected chi connectivity index (χ4v) is 2.05. The van der Waals surface area contributed by atoms with Crippen LogP contribution < -0.4 is 15.8 Å². The normalized spacial score (nSPS) is 10.1. The van der Waals surface area contributed by atoms with Gasteiger partial charge in [-0.15, -0.1) is 0 Å². The van der Waals surface area contributed by atoms with Crippen LogP contribution >= 0.6 is 0 Å². The molecule has 5 heteroatoms. The molecule has 3 N–H and O–H groups in total. The number of primary amides is 1. The summed E-state index contributed by atoms with van der Waals surface area (Å²) in [6.45, 7) is 2.30.